The molecule has 0 atom stereocenters. The lowest BCUT2D eigenvalue weighted by Crippen LogP contribution is -2.23. The first-order chi connectivity index (χ1) is 22.3. The van der Waals surface area contributed by atoms with Crippen molar-refractivity contribution in [2.75, 3.05) is 22.1 Å². The molecule has 2 N–H and O–H groups in total. The molecular formula is C32H29F3N8O3S. The Morgan fingerprint density at radius 3 is 2.26 bits per heavy atom. The fourth-order valence-electron chi connectivity index (χ4n) is 4.70. The molecule has 1 fully saturated rings. The number of rotatable bonds is 7. The number of nitrogens with zero attached hydrogens (tertiary/aromatic N) is 6. The first-order valence-electron chi connectivity index (χ1n) is 14.6. The van der Waals surface area contributed by atoms with E-state index in [1.165, 1.54) is 40.5 Å². The molecule has 4 heterocycles. The van der Waals surface area contributed by atoms with Crippen LogP contribution in [0.2, 0.25) is 0 Å². The molecule has 11 nitrogen and oxygen atoms in total. The van der Waals surface area contributed by atoms with E-state index in [1.807, 2.05) is 32.9 Å². The third-order valence-electron chi connectivity index (χ3n) is 7.19. The van der Waals surface area contributed by atoms with E-state index in [4.69, 9.17) is 4.74 Å². The highest BCUT2D eigenvalue weighted by Gasteiger charge is 2.30. The zero-order valence-electron chi connectivity index (χ0n) is 25.5. The Morgan fingerprint density at radius 1 is 0.936 bits per heavy atom. The Kier molecular flexibility index (Phi) is 8.40. The standard InChI is InChI=1S/C32H29F3N8O3S/c1-31(2,3)25-15-26(43(41-25)22-10-8-20(9-11-22)32(33,34)35)40-28(45)39-21-16-36-29(37-17-21)46-23-12-6-19(7-13-23)24-18-38-30(47-24)42-14-4-5-27(42)44/h6-13,15-18H,4-5,14H2,1-3H3,(H2,39,40,45). The van der Waals surface area contributed by atoms with E-state index in [2.05, 4.69) is 30.7 Å². The fraction of sp³-hybridized carbons (Fsp3) is 0.250. The molecule has 0 spiro atoms. The Hall–Kier alpha value is -5.31. The number of hydrogen-bond acceptors (Lipinski definition) is 8. The average molecular weight is 663 g/mol. The summed E-state index contributed by atoms with van der Waals surface area (Å²) in [5.41, 5.74) is 0.988. The summed E-state index contributed by atoms with van der Waals surface area (Å²) in [6.45, 7) is 6.48. The first-order valence-corrected chi connectivity index (χ1v) is 15.4. The Morgan fingerprint density at radius 2 is 1.64 bits per heavy atom. The predicted molar refractivity (Wildman–Crippen MR) is 171 cm³/mol. The summed E-state index contributed by atoms with van der Waals surface area (Å²) in [7, 11) is 0. The number of ether oxygens (including phenoxy) is 1. The van der Waals surface area contributed by atoms with Crippen LogP contribution in [0.15, 0.2) is 73.2 Å². The Bertz CT molecular complexity index is 1900. The van der Waals surface area contributed by atoms with Gasteiger partial charge in [0.1, 0.15) is 11.6 Å². The number of amides is 3. The van der Waals surface area contributed by atoms with Crippen LogP contribution in [0.3, 0.4) is 0 Å². The van der Waals surface area contributed by atoms with E-state index in [0.717, 1.165) is 29.0 Å². The van der Waals surface area contributed by atoms with Crippen molar-refractivity contribution in [1.82, 2.24) is 24.7 Å². The van der Waals surface area contributed by atoms with E-state index in [9.17, 15) is 22.8 Å². The Labute approximate surface area is 271 Å². The van der Waals surface area contributed by atoms with Crippen LogP contribution in [0.4, 0.5) is 34.6 Å². The van der Waals surface area contributed by atoms with Crippen LogP contribution >= 0.6 is 11.3 Å². The molecule has 5 aromatic rings. The number of anilines is 3. The number of aromatic nitrogens is 5. The van der Waals surface area contributed by atoms with Crippen molar-refractivity contribution in [3.05, 3.63) is 84.4 Å². The summed E-state index contributed by atoms with van der Waals surface area (Å²) in [5.74, 6) is 0.851. The zero-order valence-corrected chi connectivity index (χ0v) is 26.3. The van der Waals surface area contributed by atoms with Gasteiger partial charge in [0.2, 0.25) is 5.91 Å². The lowest BCUT2D eigenvalue weighted by molar-refractivity contribution is -0.137. The maximum atomic E-state index is 13.1. The Balaban J connectivity index is 1.09. The highest BCUT2D eigenvalue weighted by atomic mass is 32.1. The molecule has 6 rings (SSSR count). The highest BCUT2D eigenvalue weighted by Crippen LogP contribution is 2.35. The number of carbonyl (C=O) groups excluding carboxylic acids is 2. The molecular weight excluding hydrogens is 633 g/mol. The van der Waals surface area contributed by atoms with Crippen LogP contribution in [-0.4, -0.2) is 43.2 Å². The molecule has 0 radical (unpaired) electrons. The number of benzene rings is 2. The zero-order chi connectivity index (χ0) is 33.3. The van der Waals surface area contributed by atoms with Gasteiger partial charge in [0.25, 0.3) is 0 Å². The minimum absolute atomic E-state index is 0.0616. The van der Waals surface area contributed by atoms with Crippen molar-refractivity contribution in [1.29, 1.82) is 0 Å². The van der Waals surface area contributed by atoms with Crippen LogP contribution < -0.4 is 20.3 Å². The normalized spacial score (nSPS) is 13.6. The molecule has 3 amide bonds. The van der Waals surface area contributed by atoms with Gasteiger partial charge in [0.15, 0.2) is 5.13 Å². The second kappa shape index (κ2) is 12.5. The number of urea groups is 1. The molecule has 2 aromatic carbocycles. The number of hydrogen-bond donors (Lipinski definition) is 2. The molecule has 15 heteroatoms. The second-order valence-electron chi connectivity index (χ2n) is 11.7. The van der Waals surface area contributed by atoms with Gasteiger partial charge >= 0.3 is 18.2 Å². The number of thiazole rings is 1. The van der Waals surface area contributed by atoms with Gasteiger partial charge in [-0.25, -0.2) is 24.4 Å². The summed E-state index contributed by atoms with van der Waals surface area (Å²) in [5, 5.41) is 10.6. The third-order valence-corrected chi connectivity index (χ3v) is 8.26. The van der Waals surface area contributed by atoms with Crippen molar-refractivity contribution < 1.29 is 27.5 Å². The highest BCUT2D eigenvalue weighted by molar-refractivity contribution is 7.19. The van der Waals surface area contributed by atoms with Gasteiger partial charge in [-0.15, -0.1) is 0 Å². The first kappa shape index (κ1) is 31.7. The summed E-state index contributed by atoms with van der Waals surface area (Å²) in [6, 6.07) is 12.9. The molecule has 242 valence electrons. The van der Waals surface area contributed by atoms with Crippen molar-refractivity contribution in [2.24, 2.45) is 0 Å². The maximum Gasteiger partial charge on any atom is 0.416 e. The molecule has 0 aliphatic carbocycles. The van der Waals surface area contributed by atoms with E-state index in [1.54, 1.807) is 29.3 Å². The summed E-state index contributed by atoms with van der Waals surface area (Å²) < 4.78 is 46.4. The minimum Gasteiger partial charge on any atom is -0.424 e. The van der Waals surface area contributed by atoms with Gasteiger partial charge in [-0.2, -0.15) is 18.3 Å². The molecule has 3 aromatic heterocycles. The van der Waals surface area contributed by atoms with Crippen LogP contribution in [0.25, 0.3) is 16.1 Å². The second-order valence-corrected chi connectivity index (χ2v) is 12.7. The van der Waals surface area contributed by atoms with Crippen LogP contribution in [-0.2, 0) is 16.4 Å². The van der Waals surface area contributed by atoms with Gasteiger partial charge in [-0.3, -0.25) is 15.0 Å². The molecule has 1 aliphatic heterocycles. The molecule has 1 saturated heterocycles. The number of alkyl halides is 3. The molecule has 0 unspecified atom stereocenters. The lowest BCUT2D eigenvalue weighted by atomic mass is 9.92. The van der Waals surface area contributed by atoms with Gasteiger partial charge in [-0.05, 0) is 60.5 Å². The fourth-order valence-corrected chi connectivity index (χ4v) is 5.67. The largest absolute Gasteiger partial charge is 0.424 e. The minimum atomic E-state index is -4.47. The van der Waals surface area contributed by atoms with Gasteiger partial charge in [-0.1, -0.05) is 32.1 Å². The van der Waals surface area contributed by atoms with Crippen molar-refractivity contribution in [3.8, 4) is 27.9 Å². The van der Waals surface area contributed by atoms with E-state index in [-0.39, 0.29) is 23.4 Å². The van der Waals surface area contributed by atoms with Crippen molar-refractivity contribution in [3.63, 3.8) is 0 Å². The summed E-state index contributed by atoms with van der Waals surface area (Å²) >= 11 is 1.45. The SMILES string of the molecule is CC(C)(C)c1cc(NC(=O)Nc2cnc(Oc3ccc(-c4cnc(N5CCCC5=O)s4)cc3)nc2)n(-c2ccc(C(F)(F)F)cc2)n1. The van der Waals surface area contributed by atoms with Crippen LogP contribution in [0.1, 0.15) is 44.9 Å². The number of carbonyl (C=O) groups is 2. The smallest absolute Gasteiger partial charge is 0.416 e. The topological polar surface area (TPSA) is 127 Å². The molecule has 47 heavy (non-hydrogen) atoms. The average Bonchev–Trinajstić information content (AvgIpc) is 3.78. The monoisotopic (exact) mass is 662 g/mol. The lowest BCUT2D eigenvalue weighted by Gasteiger charge is -2.14. The van der Waals surface area contributed by atoms with E-state index in [0.29, 0.717) is 35.2 Å². The van der Waals surface area contributed by atoms with Gasteiger partial charge < -0.3 is 10.1 Å². The predicted octanol–water partition coefficient (Wildman–Crippen LogP) is 7.67. The van der Waals surface area contributed by atoms with Crippen LogP contribution in [0.5, 0.6) is 11.8 Å². The van der Waals surface area contributed by atoms with Crippen molar-refractivity contribution >= 4 is 39.9 Å². The molecule has 0 bridgehead atoms. The van der Waals surface area contributed by atoms with E-state index < -0.39 is 23.2 Å². The molecule has 0 saturated carbocycles. The maximum absolute atomic E-state index is 13.1. The third kappa shape index (κ3) is 7.25. The number of nitrogens with one attached hydrogen (secondary N) is 2. The van der Waals surface area contributed by atoms with Gasteiger partial charge in [0.05, 0.1) is 39.9 Å². The summed E-state index contributed by atoms with van der Waals surface area (Å²) in [6.07, 6.45) is 1.42. The summed E-state index contributed by atoms with van der Waals surface area (Å²) in [4.78, 5) is 40.3. The molecule has 1 aliphatic rings. The van der Waals surface area contributed by atoms with Crippen LogP contribution in [0, 0.1) is 0 Å². The van der Waals surface area contributed by atoms with E-state index >= 15 is 0 Å². The van der Waals surface area contributed by atoms with Gasteiger partial charge in [0, 0.05) is 30.6 Å². The quantitative estimate of drug-likeness (QED) is 0.183. The van der Waals surface area contributed by atoms with Crippen molar-refractivity contribution in [2.45, 2.75) is 45.2 Å². The number of halogens is 3.